The Morgan fingerprint density at radius 1 is 1.17 bits per heavy atom. The summed E-state index contributed by atoms with van der Waals surface area (Å²) in [5.41, 5.74) is 3.05. The van der Waals surface area contributed by atoms with Crippen LogP contribution in [-0.2, 0) is 0 Å². The minimum atomic E-state index is 0.446. The van der Waals surface area contributed by atoms with Crippen molar-refractivity contribution in [2.24, 2.45) is 0 Å². The zero-order valence-electron chi connectivity index (χ0n) is 7.25. The molecule has 12 heavy (non-hydrogen) atoms. The van der Waals surface area contributed by atoms with Gasteiger partial charge >= 0.3 is 0 Å². The number of aromatic nitrogens is 2. The van der Waals surface area contributed by atoms with Gasteiger partial charge in [0.15, 0.2) is 5.82 Å². The third-order valence-electron chi connectivity index (χ3n) is 1.82. The van der Waals surface area contributed by atoms with E-state index >= 15 is 0 Å². The maximum atomic E-state index is 4.86. The van der Waals surface area contributed by atoms with Gasteiger partial charge in [0.1, 0.15) is 4.20 Å². The summed E-state index contributed by atoms with van der Waals surface area (Å²) in [4.78, 5) is 8.41. The normalized spacial score (nSPS) is 10.0. The highest BCUT2D eigenvalue weighted by molar-refractivity contribution is 8.11. The van der Waals surface area contributed by atoms with Crippen LogP contribution in [0.3, 0.4) is 0 Å². The summed E-state index contributed by atoms with van der Waals surface area (Å²) < 4.78 is 0.446. The van der Waals surface area contributed by atoms with Crippen LogP contribution in [0.15, 0.2) is 0 Å². The number of nitrogens with zero attached hydrogens (tertiary/aromatic N) is 2. The molecule has 0 aromatic carbocycles. The quantitative estimate of drug-likeness (QED) is 0.552. The van der Waals surface area contributed by atoms with Crippen molar-refractivity contribution in [3.63, 3.8) is 0 Å². The minimum Gasteiger partial charge on any atom is -0.232 e. The zero-order chi connectivity index (χ0) is 9.30. The summed E-state index contributed by atoms with van der Waals surface area (Å²) in [6.45, 7) is 5.88. The third-order valence-corrected chi connectivity index (χ3v) is 2.21. The lowest BCUT2D eigenvalue weighted by Crippen LogP contribution is -2.04. The molecule has 1 heterocycles. The van der Waals surface area contributed by atoms with Crippen molar-refractivity contribution in [3.05, 3.63) is 22.8 Å². The number of hydrogen-bond donors (Lipinski definition) is 1. The van der Waals surface area contributed by atoms with Gasteiger partial charge in [0, 0.05) is 11.4 Å². The van der Waals surface area contributed by atoms with Crippen molar-refractivity contribution in [3.8, 4) is 0 Å². The first kappa shape index (κ1) is 9.61. The summed E-state index contributed by atoms with van der Waals surface area (Å²) >= 11 is 8.89. The van der Waals surface area contributed by atoms with Crippen LogP contribution >= 0.6 is 24.8 Å². The molecule has 1 rings (SSSR count). The van der Waals surface area contributed by atoms with Crippen LogP contribution in [0.2, 0.25) is 0 Å². The van der Waals surface area contributed by atoms with E-state index in [9.17, 15) is 0 Å². The van der Waals surface area contributed by atoms with Gasteiger partial charge in [-0.2, -0.15) is 0 Å². The Hall–Kier alpha value is -0.480. The Kier molecular flexibility index (Phi) is 2.80. The van der Waals surface area contributed by atoms with Gasteiger partial charge in [-0.05, 0) is 26.3 Å². The van der Waals surface area contributed by atoms with Crippen molar-refractivity contribution in [2.75, 3.05) is 0 Å². The zero-order valence-corrected chi connectivity index (χ0v) is 8.96. The fourth-order valence-electron chi connectivity index (χ4n) is 0.868. The van der Waals surface area contributed by atoms with Gasteiger partial charge in [-0.25, -0.2) is 9.97 Å². The Balaban J connectivity index is 3.31. The molecule has 1 aromatic heterocycles. The second-order valence-corrected chi connectivity index (χ2v) is 3.81. The molecule has 0 aliphatic rings. The molecule has 0 aliphatic heterocycles. The smallest absolute Gasteiger partial charge is 0.177 e. The molecule has 0 saturated carbocycles. The van der Waals surface area contributed by atoms with E-state index in [-0.39, 0.29) is 0 Å². The highest BCUT2D eigenvalue weighted by Gasteiger charge is 2.05. The maximum absolute atomic E-state index is 4.86. The molecule has 0 saturated heterocycles. The Morgan fingerprint density at radius 3 is 1.92 bits per heavy atom. The highest BCUT2D eigenvalue weighted by atomic mass is 32.1. The van der Waals surface area contributed by atoms with Gasteiger partial charge in [-0.3, -0.25) is 0 Å². The number of thiocarbonyl (C=S) groups is 1. The lowest BCUT2D eigenvalue weighted by atomic mass is 10.2. The van der Waals surface area contributed by atoms with Crippen LogP contribution in [0.1, 0.15) is 22.8 Å². The van der Waals surface area contributed by atoms with E-state index in [0.29, 0.717) is 10.0 Å². The van der Waals surface area contributed by atoms with Gasteiger partial charge in [-0.1, -0.05) is 12.2 Å². The molecule has 0 atom stereocenters. The summed E-state index contributed by atoms with van der Waals surface area (Å²) in [5.74, 6) is 0.550. The van der Waals surface area contributed by atoms with Crippen molar-refractivity contribution in [1.82, 2.24) is 9.97 Å². The molecule has 1 aromatic rings. The van der Waals surface area contributed by atoms with Crippen LogP contribution in [0.25, 0.3) is 0 Å². The van der Waals surface area contributed by atoms with Crippen LogP contribution in [0.5, 0.6) is 0 Å². The fraction of sp³-hybridized carbons (Fsp3) is 0.375. The molecule has 64 valence electrons. The number of thiol groups is 1. The van der Waals surface area contributed by atoms with Crippen molar-refractivity contribution < 1.29 is 0 Å². The monoisotopic (exact) mass is 198 g/mol. The fourth-order valence-corrected chi connectivity index (χ4v) is 1.06. The molecule has 0 aliphatic carbocycles. The number of hydrogen-bond acceptors (Lipinski definition) is 3. The van der Waals surface area contributed by atoms with Crippen LogP contribution in [-0.4, -0.2) is 14.2 Å². The van der Waals surface area contributed by atoms with E-state index in [4.69, 9.17) is 12.2 Å². The van der Waals surface area contributed by atoms with Gasteiger partial charge in [0.25, 0.3) is 0 Å². The molecule has 0 bridgehead atoms. The maximum Gasteiger partial charge on any atom is 0.177 e. The molecule has 0 spiro atoms. The van der Waals surface area contributed by atoms with Gasteiger partial charge in [0.2, 0.25) is 0 Å². The Morgan fingerprint density at radius 2 is 1.58 bits per heavy atom. The van der Waals surface area contributed by atoms with Crippen molar-refractivity contribution >= 4 is 29.0 Å². The lowest BCUT2D eigenvalue weighted by Gasteiger charge is -2.04. The largest absolute Gasteiger partial charge is 0.232 e. The van der Waals surface area contributed by atoms with Crippen LogP contribution in [0.4, 0.5) is 0 Å². The number of aryl methyl sites for hydroxylation is 2. The molecule has 0 radical (unpaired) electrons. The molecule has 0 fully saturated rings. The Bertz CT molecular complexity index is 311. The van der Waals surface area contributed by atoms with E-state index in [1.54, 1.807) is 0 Å². The first-order chi connectivity index (χ1) is 5.52. The third kappa shape index (κ3) is 1.81. The summed E-state index contributed by atoms with van der Waals surface area (Å²) in [7, 11) is 0. The van der Waals surface area contributed by atoms with Crippen molar-refractivity contribution in [1.29, 1.82) is 0 Å². The second kappa shape index (κ2) is 3.49. The molecule has 0 amide bonds. The van der Waals surface area contributed by atoms with Gasteiger partial charge in [-0.15, -0.1) is 12.6 Å². The number of rotatable bonds is 1. The molecular weight excluding hydrogens is 188 g/mol. The topological polar surface area (TPSA) is 25.8 Å². The predicted octanol–water partition coefficient (Wildman–Crippen LogP) is 2.01. The Labute approximate surface area is 82.8 Å². The highest BCUT2D eigenvalue weighted by Crippen LogP contribution is 2.09. The SMILES string of the molecule is Cc1nc(C(=S)S)nc(C)c1C. The van der Waals surface area contributed by atoms with Crippen LogP contribution in [0, 0.1) is 20.8 Å². The first-order valence-corrected chi connectivity index (χ1v) is 4.43. The molecule has 0 N–H and O–H groups in total. The lowest BCUT2D eigenvalue weighted by molar-refractivity contribution is 1.00. The van der Waals surface area contributed by atoms with Gasteiger partial charge < -0.3 is 0 Å². The van der Waals surface area contributed by atoms with Crippen molar-refractivity contribution in [2.45, 2.75) is 20.8 Å². The second-order valence-electron chi connectivity index (χ2n) is 2.65. The summed E-state index contributed by atoms with van der Waals surface area (Å²) in [6.07, 6.45) is 0. The van der Waals surface area contributed by atoms with E-state index in [1.807, 2.05) is 20.8 Å². The summed E-state index contributed by atoms with van der Waals surface area (Å²) in [6, 6.07) is 0. The van der Waals surface area contributed by atoms with E-state index < -0.39 is 0 Å². The average Bonchev–Trinajstić information content (AvgIpc) is 1.99. The molecule has 4 heteroatoms. The van der Waals surface area contributed by atoms with Gasteiger partial charge in [0.05, 0.1) is 0 Å². The van der Waals surface area contributed by atoms with E-state index in [2.05, 4.69) is 22.6 Å². The first-order valence-electron chi connectivity index (χ1n) is 3.57. The predicted molar refractivity (Wildman–Crippen MR) is 56.9 cm³/mol. The van der Waals surface area contributed by atoms with E-state index in [1.165, 1.54) is 0 Å². The minimum absolute atomic E-state index is 0.446. The molecular formula is C8H10N2S2. The van der Waals surface area contributed by atoms with Crippen LogP contribution < -0.4 is 0 Å². The summed E-state index contributed by atoms with van der Waals surface area (Å²) in [5, 5.41) is 0. The van der Waals surface area contributed by atoms with E-state index in [0.717, 1.165) is 17.0 Å². The standard InChI is InChI=1S/C8H10N2S2/c1-4-5(2)9-7(8(11)12)10-6(4)3/h1-3H3,(H,11,12). The molecule has 2 nitrogen and oxygen atoms in total. The average molecular weight is 198 g/mol. The molecule has 0 unspecified atom stereocenters.